The van der Waals surface area contributed by atoms with Crippen molar-refractivity contribution in [3.8, 4) is 11.4 Å². The molecule has 5 aromatic rings. The summed E-state index contributed by atoms with van der Waals surface area (Å²) in [5.41, 5.74) is 4.44. The minimum absolute atomic E-state index is 0.621. The van der Waals surface area contributed by atoms with Gasteiger partial charge in [0.05, 0.1) is 11.4 Å². The Morgan fingerprint density at radius 1 is 1.00 bits per heavy atom. The van der Waals surface area contributed by atoms with Crippen molar-refractivity contribution in [1.29, 1.82) is 0 Å². The molecule has 0 unspecified atom stereocenters. The molecule has 0 radical (unpaired) electrons. The number of aromatic nitrogens is 7. The van der Waals surface area contributed by atoms with Crippen LogP contribution in [0.15, 0.2) is 55.0 Å². The molecule has 7 heteroatoms. The number of aryl methyl sites for hydroxylation is 3. The molecule has 0 bridgehead atoms. The Balaban J connectivity index is 1.37. The Kier molecular flexibility index (Phi) is 3.71. The molecule has 1 N–H and O–H groups in total. The number of aromatic amines is 1. The lowest BCUT2D eigenvalue weighted by atomic mass is 10.1. The van der Waals surface area contributed by atoms with Crippen molar-refractivity contribution in [3.63, 3.8) is 0 Å². The summed E-state index contributed by atoms with van der Waals surface area (Å²) >= 11 is 0. The molecule has 4 heterocycles. The average molecular weight is 357 g/mol. The van der Waals surface area contributed by atoms with E-state index in [1.807, 2.05) is 23.9 Å². The molecule has 0 amide bonds. The highest BCUT2D eigenvalue weighted by Crippen LogP contribution is 2.20. The van der Waals surface area contributed by atoms with Crippen LogP contribution in [0.1, 0.15) is 17.8 Å². The van der Waals surface area contributed by atoms with Crippen molar-refractivity contribution >= 4 is 16.7 Å². The van der Waals surface area contributed by atoms with Gasteiger partial charge in [-0.3, -0.25) is 4.68 Å². The summed E-state index contributed by atoms with van der Waals surface area (Å²) < 4.78 is 3.63. The van der Waals surface area contributed by atoms with Crippen molar-refractivity contribution in [2.45, 2.75) is 19.3 Å². The van der Waals surface area contributed by atoms with Gasteiger partial charge in [0, 0.05) is 43.0 Å². The van der Waals surface area contributed by atoms with E-state index in [1.54, 1.807) is 16.9 Å². The second kappa shape index (κ2) is 6.35. The van der Waals surface area contributed by atoms with Gasteiger partial charge in [-0.15, -0.1) is 5.10 Å². The van der Waals surface area contributed by atoms with E-state index in [4.69, 9.17) is 0 Å². The van der Waals surface area contributed by atoms with Gasteiger partial charge >= 0.3 is 0 Å². The maximum atomic E-state index is 4.69. The maximum Gasteiger partial charge on any atom is 0.252 e. The van der Waals surface area contributed by atoms with Crippen molar-refractivity contribution in [2.75, 3.05) is 0 Å². The third kappa shape index (κ3) is 2.77. The fourth-order valence-corrected chi connectivity index (χ4v) is 3.54. The summed E-state index contributed by atoms with van der Waals surface area (Å²) in [6.45, 7) is 0. The fraction of sp³-hybridized carbons (Fsp3) is 0.200. The Hall–Kier alpha value is -3.48. The number of benzene rings is 1. The normalized spacial score (nSPS) is 11.6. The third-order valence-corrected chi connectivity index (χ3v) is 4.89. The van der Waals surface area contributed by atoms with Crippen LogP contribution in [-0.4, -0.2) is 34.3 Å². The highest BCUT2D eigenvalue weighted by Gasteiger charge is 2.12. The molecule has 0 saturated heterocycles. The zero-order valence-corrected chi connectivity index (χ0v) is 15.0. The Morgan fingerprint density at radius 3 is 2.78 bits per heavy atom. The summed E-state index contributed by atoms with van der Waals surface area (Å²) in [7, 11) is 1.92. The number of nitrogens with zero attached hydrogens (tertiary/aromatic N) is 6. The van der Waals surface area contributed by atoms with Gasteiger partial charge in [-0.2, -0.15) is 14.6 Å². The van der Waals surface area contributed by atoms with Crippen LogP contribution in [0.5, 0.6) is 0 Å². The van der Waals surface area contributed by atoms with Crippen LogP contribution >= 0.6 is 0 Å². The second-order valence-electron chi connectivity index (χ2n) is 6.62. The van der Waals surface area contributed by atoms with Gasteiger partial charge in [-0.1, -0.05) is 18.2 Å². The van der Waals surface area contributed by atoms with Crippen molar-refractivity contribution in [1.82, 2.24) is 34.3 Å². The van der Waals surface area contributed by atoms with Gasteiger partial charge in [-0.05, 0) is 36.6 Å². The minimum atomic E-state index is 0.621. The smallest absolute Gasteiger partial charge is 0.252 e. The standard InChI is InChI=1S/C20H19N7/c1-26-17(10-12-23-26)18-9-11-21-20-24-19(25-27(18)20)8-4-5-14-13-22-16-7-3-2-6-15(14)16/h2-3,6-7,9-13,22H,4-5,8H2,1H3. The van der Waals surface area contributed by atoms with E-state index in [1.165, 1.54) is 16.5 Å². The lowest BCUT2D eigenvalue weighted by Crippen LogP contribution is -2.01. The topological polar surface area (TPSA) is 76.7 Å². The van der Waals surface area contributed by atoms with Crippen molar-refractivity contribution in [2.24, 2.45) is 7.05 Å². The van der Waals surface area contributed by atoms with E-state index in [9.17, 15) is 0 Å². The lowest BCUT2D eigenvalue weighted by Gasteiger charge is -2.03. The van der Waals surface area contributed by atoms with Gasteiger partial charge in [0.15, 0.2) is 5.82 Å². The average Bonchev–Trinajstić information content (AvgIpc) is 3.40. The lowest BCUT2D eigenvalue weighted by molar-refractivity contribution is 0.755. The van der Waals surface area contributed by atoms with Crippen LogP contribution in [0, 0.1) is 0 Å². The van der Waals surface area contributed by atoms with Crippen LogP contribution < -0.4 is 0 Å². The summed E-state index contributed by atoms with van der Waals surface area (Å²) in [6, 6.07) is 12.3. The highest BCUT2D eigenvalue weighted by molar-refractivity contribution is 5.83. The second-order valence-corrected chi connectivity index (χ2v) is 6.62. The van der Waals surface area contributed by atoms with E-state index < -0.39 is 0 Å². The molecule has 7 nitrogen and oxygen atoms in total. The van der Waals surface area contributed by atoms with Crippen LogP contribution in [0.2, 0.25) is 0 Å². The van der Waals surface area contributed by atoms with E-state index in [-0.39, 0.29) is 0 Å². The van der Waals surface area contributed by atoms with E-state index in [2.05, 4.69) is 55.6 Å². The molecular formula is C20H19N7. The summed E-state index contributed by atoms with van der Waals surface area (Å²) in [4.78, 5) is 12.3. The van der Waals surface area contributed by atoms with Crippen LogP contribution in [0.3, 0.4) is 0 Å². The zero-order valence-electron chi connectivity index (χ0n) is 15.0. The molecule has 0 aliphatic heterocycles. The number of H-pyrrole nitrogens is 1. The zero-order chi connectivity index (χ0) is 18.2. The molecule has 0 spiro atoms. The predicted octanol–water partition coefficient (Wildman–Crippen LogP) is 3.18. The molecule has 0 aliphatic carbocycles. The van der Waals surface area contributed by atoms with Crippen molar-refractivity contribution in [3.05, 3.63) is 66.4 Å². The van der Waals surface area contributed by atoms with E-state index >= 15 is 0 Å². The molecule has 5 rings (SSSR count). The largest absolute Gasteiger partial charge is 0.361 e. The quantitative estimate of drug-likeness (QED) is 0.524. The molecule has 0 fully saturated rings. The van der Waals surface area contributed by atoms with E-state index in [0.29, 0.717) is 5.78 Å². The first-order valence-electron chi connectivity index (χ1n) is 9.03. The molecule has 134 valence electrons. The Bertz CT molecular complexity index is 1230. The summed E-state index contributed by atoms with van der Waals surface area (Å²) in [5, 5.41) is 10.2. The van der Waals surface area contributed by atoms with Gasteiger partial charge < -0.3 is 4.98 Å². The first kappa shape index (κ1) is 15.7. The van der Waals surface area contributed by atoms with Crippen LogP contribution in [0.4, 0.5) is 0 Å². The monoisotopic (exact) mass is 357 g/mol. The summed E-state index contributed by atoms with van der Waals surface area (Å²) in [6.07, 6.45) is 8.43. The molecule has 0 saturated carbocycles. The molecular weight excluding hydrogens is 338 g/mol. The molecule has 0 aliphatic rings. The van der Waals surface area contributed by atoms with Crippen molar-refractivity contribution < 1.29 is 0 Å². The van der Waals surface area contributed by atoms with E-state index in [0.717, 1.165) is 36.5 Å². The van der Waals surface area contributed by atoms with Gasteiger partial charge in [-0.25, -0.2) is 4.98 Å². The highest BCUT2D eigenvalue weighted by atomic mass is 15.3. The number of fused-ring (bicyclic) bond motifs is 2. The first-order valence-corrected chi connectivity index (χ1v) is 9.03. The molecule has 1 aromatic carbocycles. The third-order valence-electron chi connectivity index (χ3n) is 4.89. The number of nitrogens with one attached hydrogen (secondary N) is 1. The SMILES string of the molecule is Cn1nccc1-c1ccnc2nc(CCCc3c[nH]c4ccccc34)nn12. The number of hydrogen-bond acceptors (Lipinski definition) is 4. The Morgan fingerprint density at radius 2 is 1.89 bits per heavy atom. The number of para-hydroxylation sites is 1. The minimum Gasteiger partial charge on any atom is -0.361 e. The molecule has 0 atom stereocenters. The fourth-order valence-electron chi connectivity index (χ4n) is 3.54. The maximum absolute atomic E-state index is 4.69. The number of hydrogen-bond donors (Lipinski definition) is 1. The summed E-state index contributed by atoms with van der Waals surface area (Å²) in [5.74, 6) is 1.44. The van der Waals surface area contributed by atoms with Gasteiger partial charge in [0.1, 0.15) is 0 Å². The molecule has 27 heavy (non-hydrogen) atoms. The van der Waals surface area contributed by atoms with Crippen LogP contribution in [0.25, 0.3) is 28.1 Å². The van der Waals surface area contributed by atoms with Crippen LogP contribution in [-0.2, 0) is 19.9 Å². The molecule has 4 aromatic heterocycles. The van der Waals surface area contributed by atoms with Gasteiger partial charge in [0.25, 0.3) is 5.78 Å². The van der Waals surface area contributed by atoms with Gasteiger partial charge in [0.2, 0.25) is 0 Å². The Labute approximate surface area is 155 Å². The number of rotatable bonds is 5. The predicted molar refractivity (Wildman–Crippen MR) is 103 cm³/mol. The first-order chi connectivity index (χ1) is 13.3.